The van der Waals surface area contributed by atoms with E-state index in [1.807, 2.05) is 4.90 Å². The highest BCUT2D eigenvalue weighted by Gasteiger charge is 2.32. The van der Waals surface area contributed by atoms with E-state index in [0.717, 1.165) is 62.8 Å². The van der Waals surface area contributed by atoms with E-state index in [1.54, 1.807) is 13.2 Å². The Morgan fingerprint density at radius 3 is 2.61 bits per heavy atom. The highest BCUT2D eigenvalue weighted by molar-refractivity contribution is 5.93. The van der Waals surface area contributed by atoms with Crippen LogP contribution in [0.1, 0.15) is 66.2 Å². The van der Waals surface area contributed by atoms with Gasteiger partial charge >= 0.3 is 6.18 Å². The highest BCUT2D eigenvalue weighted by atomic mass is 19.4. The standard InChI is InChI=1S/C29H38F3N5O4/c1-39-26-17-40-14-11-23(26)36-21-9-12-37(13-10-21)28(38)24-15-27(35-18-34-24)33-16-22-3-2-4-25(41-22)19-5-7-20(8-6-19)29(30,31)32/h5-8,15,18,21-23,25-26,36H,2-4,9-14,16-17H2,1H3,(H,33,34,35)/t22-,23-,25+,26+/m1/s1. The summed E-state index contributed by atoms with van der Waals surface area (Å²) in [7, 11) is 1.71. The monoisotopic (exact) mass is 577 g/mol. The van der Waals surface area contributed by atoms with Crippen LogP contribution < -0.4 is 10.6 Å². The number of likely N-dealkylation sites (tertiary alicyclic amines) is 1. The molecular formula is C29H38F3N5O4. The number of carbonyl (C=O) groups excluding carboxylic acids is 1. The molecule has 0 saturated carbocycles. The van der Waals surface area contributed by atoms with Gasteiger partial charge < -0.3 is 29.7 Å². The number of carbonyl (C=O) groups is 1. The van der Waals surface area contributed by atoms with E-state index in [9.17, 15) is 18.0 Å². The second-order valence-electron chi connectivity index (χ2n) is 10.9. The smallest absolute Gasteiger partial charge is 0.379 e. The number of hydrogen-bond acceptors (Lipinski definition) is 8. The predicted molar refractivity (Wildman–Crippen MR) is 146 cm³/mol. The van der Waals surface area contributed by atoms with Gasteiger partial charge in [0.05, 0.1) is 30.5 Å². The molecule has 3 aliphatic rings. The van der Waals surface area contributed by atoms with Crippen LogP contribution in [0, 0.1) is 0 Å². The van der Waals surface area contributed by atoms with Gasteiger partial charge in [-0.25, -0.2) is 9.97 Å². The molecule has 0 unspecified atom stereocenters. The molecule has 9 nitrogen and oxygen atoms in total. The van der Waals surface area contributed by atoms with E-state index >= 15 is 0 Å². The van der Waals surface area contributed by atoms with Crippen molar-refractivity contribution >= 4 is 11.7 Å². The third kappa shape index (κ3) is 7.73. The van der Waals surface area contributed by atoms with Crippen molar-refractivity contribution in [2.75, 3.05) is 45.3 Å². The zero-order valence-electron chi connectivity index (χ0n) is 23.2. The zero-order chi connectivity index (χ0) is 28.8. The second kappa shape index (κ2) is 13.5. The minimum absolute atomic E-state index is 0.0464. The molecule has 3 saturated heterocycles. The Balaban J connectivity index is 1.10. The van der Waals surface area contributed by atoms with Gasteiger partial charge in [-0.3, -0.25) is 4.79 Å². The minimum atomic E-state index is -4.36. The Morgan fingerprint density at radius 1 is 1.10 bits per heavy atom. The maximum Gasteiger partial charge on any atom is 0.416 e. The summed E-state index contributed by atoms with van der Waals surface area (Å²) >= 11 is 0. The van der Waals surface area contributed by atoms with Crippen molar-refractivity contribution in [1.82, 2.24) is 20.2 Å². The number of aromatic nitrogens is 2. The van der Waals surface area contributed by atoms with Gasteiger partial charge in [0.1, 0.15) is 17.8 Å². The van der Waals surface area contributed by atoms with Crippen LogP contribution in [0.4, 0.5) is 19.0 Å². The maximum atomic E-state index is 13.2. The normalized spacial score (nSPS) is 26.1. The average Bonchev–Trinajstić information content (AvgIpc) is 3.00. The van der Waals surface area contributed by atoms with Crippen molar-refractivity contribution < 1.29 is 32.2 Å². The van der Waals surface area contributed by atoms with Gasteiger partial charge in [0.15, 0.2) is 0 Å². The Morgan fingerprint density at radius 2 is 1.88 bits per heavy atom. The first kappa shape index (κ1) is 29.7. The van der Waals surface area contributed by atoms with Crippen molar-refractivity contribution in [1.29, 1.82) is 0 Å². The van der Waals surface area contributed by atoms with Crippen LogP contribution in [0.15, 0.2) is 36.7 Å². The number of ether oxygens (including phenoxy) is 3. The molecule has 4 atom stereocenters. The fourth-order valence-corrected chi connectivity index (χ4v) is 5.82. The highest BCUT2D eigenvalue weighted by Crippen LogP contribution is 2.34. The summed E-state index contributed by atoms with van der Waals surface area (Å²) in [5.74, 6) is 0.413. The van der Waals surface area contributed by atoms with E-state index in [-0.39, 0.29) is 30.3 Å². The number of amides is 1. The number of alkyl halides is 3. The van der Waals surface area contributed by atoms with Crippen molar-refractivity contribution in [2.45, 2.75) is 75.1 Å². The Hall–Kier alpha value is -2.80. The number of piperidine rings is 1. The number of anilines is 1. The van der Waals surface area contributed by atoms with Gasteiger partial charge in [0, 0.05) is 51.5 Å². The van der Waals surface area contributed by atoms with E-state index in [1.165, 1.54) is 18.5 Å². The largest absolute Gasteiger partial charge is 0.416 e. The predicted octanol–water partition coefficient (Wildman–Crippen LogP) is 4.22. The molecular weight excluding hydrogens is 539 g/mol. The topological polar surface area (TPSA) is 97.8 Å². The Labute approximate surface area is 238 Å². The maximum absolute atomic E-state index is 13.2. The number of hydrogen-bond donors (Lipinski definition) is 2. The number of methoxy groups -OCH3 is 1. The van der Waals surface area contributed by atoms with Crippen LogP contribution in [0.25, 0.3) is 0 Å². The summed E-state index contributed by atoms with van der Waals surface area (Å²) in [5.41, 5.74) is 0.411. The third-order valence-corrected chi connectivity index (χ3v) is 8.19. The summed E-state index contributed by atoms with van der Waals surface area (Å²) in [6.07, 6.45) is 1.77. The SMILES string of the molecule is CO[C@H]1COCC[C@H]1NC1CCN(C(=O)c2cc(NC[C@H]3CCC[C@@H](c4ccc(C(F)(F)F)cc4)O3)ncn2)CC1. The van der Waals surface area contributed by atoms with Crippen LogP contribution in [0.5, 0.6) is 0 Å². The molecule has 2 N–H and O–H groups in total. The molecule has 2 aromatic rings. The molecule has 3 fully saturated rings. The minimum Gasteiger partial charge on any atom is -0.379 e. The van der Waals surface area contributed by atoms with E-state index < -0.39 is 11.7 Å². The summed E-state index contributed by atoms with van der Waals surface area (Å²) in [5, 5.41) is 6.95. The second-order valence-corrected chi connectivity index (χ2v) is 10.9. The van der Waals surface area contributed by atoms with Crippen molar-refractivity contribution in [2.24, 2.45) is 0 Å². The van der Waals surface area contributed by atoms with Gasteiger partial charge in [0.2, 0.25) is 0 Å². The fourth-order valence-electron chi connectivity index (χ4n) is 5.82. The van der Waals surface area contributed by atoms with Gasteiger partial charge in [0.25, 0.3) is 5.91 Å². The first-order valence-electron chi connectivity index (χ1n) is 14.3. The average molecular weight is 578 g/mol. The molecule has 3 aliphatic heterocycles. The van der Waals surface area contributed by atoms with Gasteiger partial charge in [-0.15, -0.1) is 0 Å². The molecule has 0 aliphatic carbocycles. The molecule has 4 heterocycles. The lowest BCUT2D eigenvalue weighted by Gasteiger charge is -2.38. The first-order chi connectivity index (χ1) is 19.8. The van der Waals surface area contributed by atoms with Crippen LogP contribution in [0.2, 0.25) is 0 Å². The Bertz CT molecular complexity index is 1140. The molecule has 224 valence electrons. The summed E-state index contributed by atoms with van der Waals surface area (Å²) in [6.45, 7) is 3.08. The summed E-state index contributed by atoms with van der Waals surface area (Å²) in [4.78, 5) is 23.5. The quantitative estimate of drug-likeness (QED) is 0.482. The van der Waals surface area contributed by atoms with Gasteiger partial charge in [-0.2, -0.15) is 13.2 Å². The van der Waals surface area contributed by atoms with Crippen molar-refractivity contribution in [3.8, 4) is 0 Å². The lowest BCUT2D eigenvalue weighted by Crippen LogP contribution is -2.54. The number of benzene rings is 1. The lowest BCUT2D eigenvalue weighted by molar-refractivity contribution is -0.137. The molecule has 1 amide bonds. The van der Waals surface area contributed by atoms with E-state index in [0.29, 0.717) is 43.8 Å². The molecule has 5 rings (SSSR count). The van der Waals surface area contributed by atoms with Crippen LogP contribution in [0.3, 0.4) is 0 Å². The summed E-state index contributed by atoms with van der Waals surface area (Å²) < 4.78 is 56.0. The molecule has 0 radical (unpaired) electrons. The molecule has 0 bridgehead atoms. The van der Waals surface area contributed by atoms with Crippen LogP contribution in [-0.4, -0.2) is 85.0 Å². The first-order valence-corrected chi connectivity index (χ1v) is 14.3. The molecule has 41 heavy (non-hydrogen) atoms. The number of nitrogens with zero attached hydrogens (tertiary/aromatic N) is 3. The number of nitrogens with one attached hydrogen (secondary N) is 2. The Kier molecular flexibility index (Phi) is 9.74. The van der Waals surface area contributed by atoms with Crippen molar-refractivity contribution in [3.05, 3.63) is 53.5 Å². The lowest BCUT2D eigenvalue weighted by atomic mass is 9.97. The van der Waals surface area contributed by atoms with Crippen LogP contribution in [-0.2, 0) is 20.4 Å². The van der Waals surface area contributed by atoms with E-state index in [4.69, 9.17) is 14.2 Å². The van der Waals surface area contributed by atoms with Crippen molar-refractivity contribution in [3.63, 3.8) is 0 Å². The molecule has 12 heteroatoms. The summed E-state index contributed by atoms with van der Waals surface area (Å²) in [6, 6.07) is 7.43. The zero-order valence-corrected chi connectivity index (χ0v) is 23.2. The number of rotatable bonds is 8. The van der Waals surface area contributed by atoms with E-state index in [2.05, 4.69) is 20.6 Å². The van der Waals surface area contributed by atoms with Crippen LogP contribution >= 0.6 is 0 Å². The molecule has 1 aromatic heterocycles. The third-order valence-electron chi connectivity index (χ3n) is 8.19. The molecule has 1 aromatic carbocycles. The number of halogens is 3. The molecule has 0 spiro atoms. The fraction of sp³-hybridized carbons (Fsp3) is 0.621. The van der Waals surface area contributed by atoms with Gasteiger partial charge in [-0.1, -0.05) is 12.1 Å². The van der Waals surface area contributed by atoms with Gasteiger partial charge in [-0.05, 0) is 56.2 Å².